The Morgan fingerprint density at radius 2 is 2.20 bits per heavy atom. The topological polar surface area (TPSA) is 49.8 Å². The maximum Gasteiger partial charge on any atom is 0.248 e. The highest BCUT2D eigenvalue weighted by Crippen LogP contribution is 2.19. The van der Waals surface area contributed by atoms with Gasteiger partial charge in [-0.3, -0.25) is 4.79 Å². The van der Waals surface area contributed by atoms with Crippen molar-refractivity contribution in [1.29, 1.82) is 0 Å². The highest BCUT2D eigenvalue weighted by molar-refractivity contribution is 5.77. The van der Waals surface area contributed by atoms with Crippen molar-refractivity contribution in [2.45, 2.75) is 25.9 Å². The van der Waals surface area contributed by atoms with Crippen LogP contribution in [0.5, 0.6) is 0 Å². The number of aliphatic hydroxyl groups excluding tert-OH is 1. The molecular formula is C16H23NO3. The van der Waals surface area contributed by atoms with Gasteiger partial charge in [0, 0.05) is 19.0 Å². The third-order valence-corrected chi connectivity index (χ3v) is 3.86. The van der Waals surface area contributed by atoms with Gasteiger partial charge in [0.1, 0.15) is 6.61 Å². The van der Waals surface area contributed by atoms with Crippen LogP contribution < -0.4 is 0 Å². The second kappa shape index (κ2) is 7.41. The molecule has 110 valence electrons. The lowest BCUT2D eigenvalue weighted by molar-refractivity contribution is -0.135. The molecule has 1 saturated heterocycles. The number of likely N-dealkylation sites (tertiary alicyclic amines) is 1. The molecule has 1 aromatic rings. The van der Waals surface area contributed by atoms with Crippen LogP contribution in [0.3, 0.4) is 0 Å². The van der Waals surface area contributed by atoms with Crippen molar-refractivity contribution >= 4 is 5.91 Å². The minimum absolute atomic E-state index is 0.0289. The van der Waals surface area contributed by atoms with Crippen LogP contribution in [-0.4, -0.2) is 48.3 Å². The molecule has 0 bridgehead atoms. The molecule has 1 heterocycles. The molecule has 4 heteroatoms. The molecule has 1 amide bonds. The Labute approximate surface area is 120 Å². The smallest absolute Gasteiger partial charge is 0.248 e. The standard InChI is InChI=1S/C16H23NO3/c1-13(18)15-7-9-17(11-15)16(19)12-20-10-8-14-5-3-2-4-6-14/h2-6,13,15,18H,7-12H2,1H3. The highest BCUT2D eigenvalue weighted by Gasteiger charge is 2.28. The number of ether oxygens (including phenoxy) is 1. The Morgan fingerprint density at radius 1 is 1.45 bits per heavy atom. The second-order valence-electron chi connectivity index (χ2n) is 5.42. The van der Waals surface area contributed by atoms with Crippen molar-refractivity contribution in [3.63, 3.8) is 0 Å². The van der Waals surface area contributed by atoms with E-state index in [9.17, 15) is 9.90 Å². The summed E-state index contributed by atoms with van der Waals surface area (Å²) in [6.45, 7) is 3.87. The number of hydrogen-bond acceptors (Lipinski definition) is 3. The quantitative estimate of drug-likeness (QED) is 0.801. The molecule has 2 rings (SSSR count). The maximum absolute atomic E-state index is 11.9. The summed E-state index contributed by atoms with van der Waals surface area (Å²) in [7, 11) is 0. The van der Waals surface area contributed by atoms with Crippen molar-refractivity contribution < 1.29 is 14.6 Å². The number of carbonyl (C=O) groups is 1. The Hall–Kier alpha value is -1.39. The van der Waals surface area contributed by atoms with Gasteiger partial charge in [-0.2, -0.15) is 0 Å². The summed E-state index contributed by atoms with van der Waals surface area (Å²) >= 11 is 0. The van der Waals surface area contributed by atoms with Crippen molar-refractivity contribution in [3.05, 3.63) is 35.9 Å². The van der Waals surface area contributed by atoms with Crippen LogP contribution in [0, 0.1) is 5.92 Å². The van der Waals surface area contributed by atoms with Crippen LogP contribution in [0.2, 0.25) is 0 Å². The summed E-state index contributed by atoms with van der Waals surface area (Å²) in [5.74, 6) is 0.240. The molecule has 20 heavy (non-hydrogen) atoms. The van der Waals surface area contributed by atoms with Gasteiger partial charge in [0.25, 0.3) is 0 Å². The molecule has 1 N–H and O–H groups in total. The van der Waals surface area contributed by atoms with E-state index in [1.54, 1.807) is 11.8 Å². The zero-order valence-corrected chi connectivity index (χ0v) is 12.0. The molecule has 0 saturated carbocycles. The lowest BCUT2D eigenvalue weighted by Gasteiger charge is -2.17. The van der Waals surface area contributed by atoms with Crippen LogP contribution in [0.1, 0.15) is 18.9 Å². The summed E-state index contributed by atoms with van der Waals surface area (Å²) in [6, 6.07) is 10.1. The SMILES string of the molecule is CC(O)C1CCN(C(=O)COCCc2ccccc2)C1. The monoisotopic (exact) mass is 277 g/mol. The van der Waals surface area contributed by atoms with E-state index in [0.29, 0.717) is 13.2 Å². The zero-order valence-electron chi connectivity index (χ0n) is 12.0. The van der Waals surface area contributed by atoms with Gasteiger partial charge in [-0.1, -0.05) is 30.3 Å². The predicted octanol–water partition coefficient (Wildman–Crippen LogP) is 1.47. The van der Waals surface area contributed by atoms with Gasteiger partial charge in [-0.05, 0) is 25.3 Å². The molecule has 1 aliphatic heterocycles. The van der Waals surface area contributed by atoms with Gasteiger partial charge in [0.05, 0.1) is 12.7 Å². The van der Waals surface area contributed by atoms with Crippen molar-refractivity contribution in [2.24, 2.45) is 5.92 Å². The first-order valence-corrected chi connectivity index (χ1v) is 7.24. The Kier molecular flexibility index (Phi) is 5.56. The molecule has 0 spiro atoms. The number of aliphatic hydroxyl groups is 1. The number of amides is 1. The van der Waals surface area contributed by atoms with Crippen LogP contribution in [0.25, 0.3) is 0 Å². The molecule has 0 aromatic heterocycles. The fraction of sp³-hybridized carbons (Fsp3) is 0.562. The van der Waals surface area contributed by atoms with E-state index >= 15 is 0 Å². The van der Waals surface area contributed by atoms with E-state index in [0.717, 1.165) is 19.4 Å². The molecule has 2 unspecified atom stereocenters. The Balaban J connectivity index is 1.64. The van der Waals surface area contributed by atoms with Crippen molar-refractivity contribution in [2.75, 3.05) is 26.3 Å². The van der Waals surface area contributed by atoms with E-state index in [-0.39, 0.29) is 24.5 Å². The van der Waals surface area contributed by atoms with Gasteiger partial charge in [-0.15, -0.1) is 0 Å². The molecular weight excluding hydrogens is 254 g/mol. The van der Waals surface area contributed by atoms with Crippen LogP contribution in [-0.2, 0) is 16.0 Å². The average molecular weight is 277 g/mol. The number of rotatable bonds is 6. The minimum Gasteiger partial charge on any atom is -0.393 e. The Bertz CT molecular complexity index is 419. The fourth-order valence-corrected chi connectivity index (χ4v) is 2.49. The van der Waals surface area contributed by atoms with Crippen LogP contribution >= 0.6 is 0 Å². The summed E-state index contributed by atoms with van der Waals surface area (Å²) < 4.78 is 5.45. The number of hydrogen-bond donors (Lipinski definition) is 1. The van der Waals surface area contributed by atoms with Gasteiger partial charge >= 0.3 is 0 Å². The van der Waals surface area contributed by atoms with E-state index in [4.69, 9.17) is 4.74 Å². The molecule has 0 aliphatic carbocycles. The van der Waals surface area contributed by atoms with Crippen molar-refractivity contribution in [3.8, 4) is 0 Å². The number of benzene rings is 1. The van der Waals surface area contributed by atoms with E-state index in [1.165, 1.54) is 5.56 Å². The normalized spacial score (nSPS) is 20.1. The van der Waals surface area contributed by atoms with E-state index in [2.05, 4.69) is 12.1 Å². The first-order chi connectivity index (χ1) is 9.66. The van der Waals surface area contributed by atoms with E-state index < -0.39 is 0 Å². The number of carbonyl (C=O) groups excluding carboxylic acids is 1. The summed E-state index contributed by atoms with van der Waals surface area (Å²) in [5, 5.41) is 9.52. The van der Waals surface area contributed by atoms with Crippen LogP contribution in [0.15, 0.2) is 30.3 Å². The predicted molar refractivity (Wildman–Crippen MR) is 77.3 cm³/mol. The third-order valence-electron chi connectivity index (χ3n) is 3.86. The Morgan fingerprint density at radius 3 is 2.85 bits per heavy atom. The maximum atomic E-state index is 11.9. The van der Waals surface area contributed by atoms with Gasteiger partial charge in [-0.25, -0.2) is 0 Å². The summed E-state index contributed by atoms with van der Waals surface area (Å²) in [6.07, 6.45) is 1.37. The first-order valence-electron chi connectivity index (χ1n) is 7.24. The zero-order chi connectivity index (χ0) is 14.4. The molecule has 1 fully saturated rings. The summed E-state index contributed by atoms with van der Waals surface area (Å²) in [4.78, 5) is 13.7. The van der Waals surface area contributed by atoms with Gasteiger partial charge in [0.15, 0.2) is 0 Å². The summed E-state index contributed by atoms with van der Waals surface area (Å²) in [5.41, 5.74) is 1.22. The van der Waals surface area contributed by atoms with Crippen molar-refractivity contribution in [1.82, 2.24) is 4.90 Å². The molecule has 2 atom stereocenters. The second-order valence-corrected chi connectivity index (χ2v) is 5.42. The molecule has 4 nitrogen and oxygen atoms in total. The first kappa shape index (κ1) is 15.0. The lowest BCUT2D eigenvalue weighted by Crippen LogP contribution is -2.33. The van der Waals surface area contributed by atoms with Gasteiger partial charge in [0.2, 0.25) is 5.91 Å². The molecule has 1 aromatic carbocycles. The lowest BCUT2D eigenvalue weighted by atomic mass is 10.0. The largest absolute Gasteiger partial charge is 0.393 e. The average Bonchev–Trinajstić information content (AvgIpc) is 2.94. The molecule has 0 radical (unpaired) electrons. The third kappa shape index (κ3) is 4.32. The minimum atomic E-state index is -0.341. The van der Waals surface area contributed by atoms with E-state index in [1.807, 2.05) is 18.2 Å². The number of nitrogens with zero attached hydrogens (tertiary/aromatic N) is 1. The van der Waals surface area contributed by atoms with Gasteiger partial charge < -0.3 is 14.7 Å². The van der Waals surface area contributed by atoms with Crippen LogP contribution in [0.4, 0.5) is 0 Å². The molecule has 1 aliphatic rings. The highest BCUT2D eigenvalue weighted by atomic mass is 16.5. The fourth-order valence-electron chi connectivity index (χ4n) is 2.49.